The zero-order chi connectivity index (χ0) is 22.9. The van der Waals surface area contributed by atoms with Crippen LogP contribution in [0.3, 0.4) is 0 Å². The average Bonchev–Trinajstić information content (AvgIpc) is 3.59. The molecule has 1 aliphatic heterocycles. The number of benzene rings is 3. The molecule has 6 nitrogen and oxygen atoms in total. The third kappa shape index (κ3) is 4.54. The van der Waals surface area contributed by atoms with Crippen LogP contribution in [0, 0.1) is 0 Å². The van der Waals surface area contributed by atoms with Gasteiger partial charge in [-0.05, 0) is 55.5 Å². The van der Waals surface area contributed by atoms with Gasteiger partial charge in [-0.2, -0.15) is 0 Å². The number of amidine groups is 1. The largest absolute Gasteiger partial charge is 0.326 e. The van der Waals surface area contributed by atoms with Gasteiger partial charge < -0.3 is 5.32 Å². The van der Waals surface area contributed by atoms with Crippen molar-refractivity contribution in [3.63, 3.8) is 0 Å². The van der Waals surface area contributed by atoms with Crippen LogP contribution in [0.25, 0.3) is 10.8 Å². The monoisotopic (exact) mass is 457 g/mol. The predicted octanol–water partition coefficient (Wildman–Crippen LogP) is 5.17. The van der Waals surface area contributed by atoms with Crippen molar-refractivity contribution in [2.45, 2.75) is 37.5 Å². The molecule has 166 valence electrons. The average molecular weight is 458 g/mol. The zero-order valence-electron chi connectivity index (χ0n) is 18.2. The van der Waals surface area contributed by atoms with Gasteiger partial charge in [-0.25, -0.2) is 4.99 Å². The van der Waals surface area contributed by atoms with Gasteiger partial charge in [-0.1, -0.05) is 48.2 Å². The van der Waals surface area contributed by atoms with E-state index in [-0.39, 0.29) is 30.1 Å². The second-order valence-electron chi connectivity index (χ2n) is 8.32. The summed E-state index contributed by atoms with van der Waals surface area (Å²) in [6, 6.07) is 20.9. The van der Waals surface area contributed by atoms with Crippen molar-refractivity contribution in [3.8, 4) is 0 Å². The maximum absolute atomic E-state index is 13.2. The fourth-order valence-corrected chi connectivity index (χ4v) is 5.15. The molecule has 0 aromatic heterocycles. The Kier molecular flexibility index (Phi) is 5.72. The molecular formula is C26H23N3O3S. The lowest BCUT2D eigenvalue weighted by Crippen LogP contribution is -2.35. The van der Waals surface area contributed by atoms with Crippen molar-refractivity contribution in [1.29, 1.82) is 0 Å². The van der Waals surface area contributed by atoms with Crippen LogP contribution in [0.5, 0.6) is 0 Å². The lowest BCUT2D eigenvalue weighted by atomic mass is 10.1. The number of hydrogen-bond donors (Lipinski definition) is 1. The summed E-state index contributed by atoms with van der Waals surface area (Å²) in [5.41, 5.74) is 2.01. The summed E-state index contributed by atoms with van der Waals surface area (Å²) in [7, 11) is 0. The first-order chi connectivity index (χ1) is 16.0. The number of thioether (sulfide) groups is 1. The molecule has 0 spiro atoms. The molecule has 0 radical (unpaired) electrons. The molecule has 1 atom stereocenters. The number of amides is 2. The Morgan fingerprint density at radius 2 is 1.76 bits per heavy atom. The molecule has 2 amide bonds. The minimum Gasteiger partial charge on any atom is -0.326 e. The molecule has 3 aromatic rings. The highest BCUT2D eigenvalue weighted by molar-refractivity contribution is 8.15. The molecular weight excluding hydrogens is 434 g/mol. The molecule has 0 bridgehead atoms. The van der Waals surface area contributed by atoms with Gasteiger partial charge in [0.25, 0.3) is 0 Å². The highest BCUT2D eigenvalue weighted by Crippen LogP contribution is 2.40. The summed E-state index contributed by atoms with van der Waals surface area (Å²) in [4.78, 5) is 43.9. The second kappa shape index (κ2) is 8.83. The third-order valence-corrected chi connectivity index (χ3v) is 6.96. The van der Waals surface area contributed by atoms with Gasteiger partial charge in [-0.3, -0.25) is 19.3 Å². The van der Waals surface area contributed by atoms with Crippen molar-refractivity contribution in [2.24, 2.45) is 4.99 Å². The zero-order valence-corrected chi connectivity index (χ0v) is 19.0. The number of Topliss-reactive ketones (excluding diaryl/α,β-unsaturated/α-hetero) is 1. The highest BCUT2D eigenvalue weighted by atomic mass is 32.2. The molecule has 3 aromatic carbocycles. The fourth-order valence-electron chi connectivity index (χ4n) is 3.94. The molecule has 2 aliphatic rings. The van der Waals surface area contributed by atoms with Gasteiger partial charge in [0.2, 0.25) is 11.8 Å². The number of rotatable bonds is 6. The normalized spacial score (nSPS) is 19.3. The highest BCUT2D eigenvalue weighted by Gasteiger charge is 2.46. The van der Waals surface area contributed by atoms with Crippen LogP contribution < -0.4 is 5.32 Å². The van der Waals surface area contributed by atoms with Crippen molar-refractivity contribution in [3.05, 3.63) is 72.3 Å². The van der Waals surface area contributed by atoms with Crippen molar-refractivity contribution in [1.82, 2.24) is 4.90 Å². The van der Waals surface area contributed by atoms with Crippen LogP contribution in [-0.4, -0.2) is 39.0 Å². The topological polar surface area (TPSA) is 78.8 Å². The van der Waals surface area contributed by atoms with E-state index in [4.69, 9.17) is 4.99 Å². The van der Waals surface area contributed by atoms with Crippen LogP contribution in [0.1, 0.15) is 36.5 Å². The smallest absolute Gasteiger partial charge is 0.242 e. The summed E-state index contributed by atoms with van der Waals surface area (Å²) in [5, 5.41) is 5.12. The Balaban J connectivity index is 1.34. The van der Waals surface area contributed by atoms with E-state index in [1.807, 2.05) is 42.5 Å². The van der Waals surface area contributed by atoms with Crippen molar-refractivity contribution < 1.29 is 14.4 Å². The van der Waals surface area contributed by atoms with E-state index < -0.39 is 5.25 Å². The molecule has 1 saturated heterocycles. The van der Waals surface area contributed by atoms with E-state index in [0.29, 0.717) is 16.4 Å². The Morgan fingerprint density at radius 3 is 2.48 bits per heavy atom. The van der Waals surface area contributed by atoms with Gasteiger partial charge in [-0.15, -0.1) is 0 Å². The molecule has 1 heterocycles. The molecule has 1 aliphatic carbocycles. The van der Waals surface area contributed by atoms with Gasteiger partial charge in [0.15, 0.2) is 11.0 Å². The van der Waals surface area contributed by atoms with E-state index in [1.54, 1.807) is 29.2 Å². The number of anilines is 1. The number of hydrogen-bond acceptors (Lipinski definition) is 5. The molecule has 2 fully saturated rings. The number of carbonyl (C=O) groups excluding carboxylic acids is 3. The molecule has 1 unspecified atom stereocenters. The first-order valence-electron chi connectivity index (χ1n) is 11.0. The Hall–Kier alpha value is -3.45. The van der Waals surface area contributed by atoms with Crippen LogP contribution in [0.4, 0.5) is 11.4 Å². The van der Waals surface area contributed by atoms with Crippen LogP contribution in [0.2, 0.25) is 0 Å². The van der Waals surface area contributed by atoms with E-state index in [9.17, 15) is 14.4 Å². The SMILES string of the molecule is CC(=O)c1ccc(NC(=O)CC2SC(=Nc3cccc4ccccc34)N(C3CC3)C2=O)cc1. The van der Waals surface area contributed by atoms with E-state index in [1.165, 1.54) is 18.7 Å². The Labute approximate surface area is 196 Å². The summed E-state index contributed by atoms with van der Waals surface area (Å²) in [6.07, 6.45) is 1.99. The number of carbonyl (C=O) groups is 3. The lowest BCUT2D eigenvalue weighted by molar-refractivity contribution is -0.128. The summed E-state index contributed by atoms with van der Waals surface area (Å²) in [6.45, 7) is 1.50. The summed E-state index contributed by atoms with van der Waals surface area (Å²) in [5.74, 6) is -0.318. The van der Waals surface area contributed by atoms with Gasteiger partial charge in [0, 0.05) is 29.1 Å². The summed E-state index contributed by atoms with van der Waals surface area (Å²) < 4.78 is 0. The van der Waals surface area contributed by atoms with Crippen LogP contribution in [-0.2, 0) is 9.59 Å². The Bertz CT molecular complexity index is 1280. The standard InChI is InChI=1S/C26H23N3O3S/c1-16(30)17-9-11-19(12-10-17)27-24(31)15-23-25(32)29(20-13-14-20)26(33-23)28-22-8-4-6-18-5-2-3-7-21(18)22/h2-12,20,23H,13-15H2,1H3,(H,27,31). The summed E-state index contributed by atoms with van der Waals surface area (Å²) >= 11 is 1.36. The van der Waals surface area contributed by atoms with Gasteiger partial charge >= 0.3 is 0 Å². The molecule has 1 saturated carbocycles. The van der Waals surface area contributed by atoms with Gasteiger partial charge in [0.1, 0.15) is 5.25 Å². The number of nitrogens with zero attached hydrogens (tertiary/aromatic N) is 2. The molecule has 5 rings (SSSR count). The lowest BCUT2D eigenvalue weighted by Gasteiger charge is -2.15. The second-order valence-corrected chi connectivity index (χ2v) is 9.49. The minimum absolute atomic E-state index is 0.0287. The maximum Gasteiger partial charge on any atom is 0.242 e. The number of aliphatic imine (C=N–C) groups is 1. The molecule has 7 heteroatoms. The molecule has 33 heavy (non-hydrogen) atoms. The van der Waals surface area contributed by atoms with Gasteiger partial charge in [0.05, 0.1) is 5.69 Å². The number of ketones is 1. The number of nitrogens with one attached hydrogen (secondary N) is 1. The predicted molar refractivity (Wildman–Crippen MR) is 132 cm³/mol. The van der Waals surface area contributed by atoms with Crippen molar-refractivity contribution in [2.75, 3.05) is 5.32 Å². The molecule has 1 N–H and O–H groups in total. The van der Waals surface area contributed by atoms with E-state index in [2.05, 4.69) is 5.32 Å². The first-order valence-corrected chi connectivity index (χ1v) is 11.8. The maximum atomic E-state index is 13.2. The quantitative estimate of drug-likeness (QED) is 0.518. The van der Waals surface area contributed by atoms with Crippen LogP contribution >= 0.6 is 11.8 Å². The first kappa shape index (κ1) is 21.4. The third-order valence-electron chi connectivity index (χ3n) is 5.81. The number of fused-ring (bicyclic) bond motifs is 1. The van der Waals surface area contributed by atoms with E-state index in [0.717, 1.165) is 29.3 Å². The minimum atomic E-state index is -0.504. The van der Waals surface area contributed by atoms with Crippen LogP contribution in [0.15, 0.2) is 71.7 Å². The fraction of sp³-hybridized carbons (Fsp3) is 0.231. The Morgan fingerprint density at radius 1 is 1.03 bits per heavy atom. The van der Waals surface area contributed by atoms with Crippen molar-refractivity contribution >= 4 is 56.7 Å². The van der Waals surface area contributed by atoms with E-state index >= 15 is 0 Å².